The Bertz CT molecular complexity index is 484. The van der Waals surface area contributed by atoms with Crippen LogP contribution in [0, 0.1) is 5.82 Å². The number of nitrogens with one attached hydrogen (secondary N) is 1. The topological polar surface area (TPSA) is 21.3 Å². The Kier molecular flexibility index (Phi) is 6.18. The number of benzene rings is 1. The summed E-state index contributed by atoms with van der Waals surface area (Å²) in [6.07, 6.45) is 0.967. The Morgan fingerprint density at radius 1 is 1.25 bits per heavy atom. The third-order valence-corrected chi connectivity index (χ3v) is 4.01. The molecule has 0 saturated carbocycles. The number of thiophene rings is 1. The van der Waals surface area contributed by atoms with Crippen LogP contribution < -0.4 is 5.32 Å². The van der Waals surface area contributed by atoms with E-state index < -0.39 is 0 Å². The highest BCUT2D eigenvalue weighted by atomic mass is 32.1. The first kappa shape index (κ1) is 15.2. The van der Waals surface area contributed by atoms with Crippen molar-refractivity contribution < 1.29 is 9.13 Å². The second-order valence-corrected chi connectivity index (χ2v) is 5.56. The van der Waals surface area contributed by atoms with E-state index in [0.29, 0.717) is 12.5 Å². The van der Waals surface area contributed by atoms with Gasteiger partial charge in [0.15, 0.2) is 0 Å². The highest BCUT2D eigenvalue weighted by Gasteiger charge is 2.12. The summed E-state index contributed by atoms with van der Waals surface area (Å²) in [5.41, 5.74) is 2.50. The van der Waals surface area contributed by atoms with Crippen molar-refractivity contribution >= 4 is 11.3 Å². The monoisotopic (exact) mass is 293 g/mol. The van der Waals surface area contributed by atoms with E-state index in [0.717, 1.165) is 19.5 Å². The molecule has 2 aromatic rings. The molecule has 0 spiro atoms. The third kappa shape index (κ3) is 4.71. The quantitative estimate of drug-likeness (QED) is 0.753. The fourth-order valence-electron chi connectivity index (χ4n) is 2.19. The molecule has 1 heterocycles. The maximum atomic E-state index is 13.0. The molecule has 0 aliphatic rings. The SMILES string of the molecule is COCCNCC(Cc1ccsc1)c1ccc(F)cc1. The molecule has 1 aromatic heterocycles. The van der Waals surface area contributed by atoms with Crippen LogP contribution >= 0.6 is 11.3 Å². The summed E-state index contributed by atoms with van der Waals surface area (Å²) in [6, 6.07) is 8.97. The van der Waals surface area contributed by atoms with Crippen LogP contribution in [0.25, 0.3) is 0 Å². The first-order chi connectivity index (χ1) is 9.79. The van der Waals surface area contributed by atoms with Crippen molar-refractivity contribution in [1.29, 1.82) is 0 Å². The van der Waals surface area contributed by atoms with Crippen LogP contribution in [0.2, 0.25) is 0 Å². The summed E-state index contributed by atoms with van der Waals surface area (Å²) in [4.78, 5) is 0. The van der Waals surface area contributed by atoms with Gasteiger partial charge in [0.1, 0.15) is 5.82 Å². The van der Waals surface area contributed by atoms with Crippen molar-refractivity contribution in [3.63, 3.8) is 0 Å². The van der Waals surface area contributed by atoms with Crippen LogP contribution in [0.5, 0.6) is 0 Å². The van der Waals surface area contributed by atoms with Gasteiger partial charge in [0.25, 0.3) is 0 Å². The number of halogens is 1. The van der Waals surface area contributed by atoms with Gasteiger partial charge in [-0.2, -0.15) is 11.3 Å². The normalized spacial score (nSPS) is 12.5. The van der Waals surface area contributed by atoms with Crippen LogP contribution in [-0.4, -0.2) is 26.8 Å². The van der Waals surface area contributed by atoms with Gasteiger partial charge in [-0.15, -0.1) is 0 Å². The van der Waals surface area contributed by atoms with Crippen LogP contribution in [0.4, 0.5) is 4.39 Å². The highest BCUT2D eigenvalue weighted by Crippen LogP contribution is 2.22. The lowest BCUT2D eigenvalue weighted by molar-refractivity contribution is 0.199. The molecule has 2 rings (SSSR count). The second kappa shape index (κ2) is 8.15. The standard InChI is InChI=1S/C16H20FNOS/c1-19-8-7-18-11-15(10-13-6-9-20-12-13)14-2-4-16(17)5-3-14/h2-6,9,12,15,18H,7-8,10-11H2,1H3. The molecular weight excluding hydrogens is 273 g/mol. The van der Waals surface area contributed by atoms with Crippen molar-refractivity contribution in [3.05, 3.63) is 58.0 Å². The lowest BCUT2D eigenvalue weighted by atomic mass is 9.93. The molecule has 1 unspecified atom stereocenters. The fraction of sp³-hybridized carbons (Fsp3) is 0.375. The molecule has 108 valence electrons. The molecule has 1 N–H and O–H groups in total. The minimum Gasteiger partial charge on any atom is -0.383 e. The first-order valence-corrected chi connectivity index (χ1v) is 7.70. The summed E-state index contributed by atoms with van der Waals surface area (Å²) in [5.74, 6) is 0.164. The van der Waals surface area contributed by atoms with E-state index in [4.69, 9.17) is 4.74 Å². The van der Waals surface area contributed by atoms with Gasteiger partial charge in [-0.25, -0.2) is 4.39 Å². The molecule has 4 heteroatoms. The van der Waals surface area contributed by atoms with Gasteiger partial charge in [0.2, 0.25) is 0 Å². The van der Waals surface area contributed by atoms with Crippen molar-refractivity contribution in [2.75, 3.05) is 26.8 Å². The zero-order valence-electron chi connectivity index (χ0n) is 11.6. The molecule has 0 saturated heterocycles. The molecule has 0 aliphatic carbocycles. The molecular formula is C16H20FNOS. The smallest absolute Gasteiger partial charge is 0.123 e. The Labute approximate surface area is 123 Å². The lowest BCUT2D eigenvalue weighted by Crippen LogP contribution is -2.26. The van der Waals surface area contributed by atoms with Gasteiger partial charge in [-0.3, -0.25) is 0 Å². The van der Waals surface area contributed by atoms with Crippen LogP contribution in [-0.2, 0) is 11.2 Å². The maximum Gasteiger partial charge on any atom is 0.123 e. The second-order valence-electron chi connectivity index (χ2n) is 4.78. The predicted octanol–water partition coefficient (Wildman–Crippen LogP) is 3.45. The zero-order chi connectivity index (χ0) is 14.2. The lowest BCUT2D eigenvalue weighted by Gasteiger charge is -2.18. The van der Waals surface area contributed by atoms with E-state index in [1.807, 2.05) is 12.1 Å². The van der Waals surface area contributed by atoms with E-state index >= 15 is 0 Å². The van der Waals surface area contributed by atoms with Gasteiger partial charge >= 0.3 is 0 Å². The van der Waals surface area contributed by atoms with Crippen molar-refractivity contribution in [2.45, 2.75) is 12.3 Å². The largest absolute Gasteiger partial charge is 0.383 e. The van der Waals surface area contributed by atoms with E-state index in [-0.39, 0.29) is 5.82 Å². The van der Waals surface area contributed by atoms with Crippen molar-refractivity contribution in [3.8, 4) is 0 Å². The van der Waals surface area contributed by atoms with E-state index in [2.05, 4.69) is 22.1 Å². The Balaban J connectivity index is 2.00. The van der Waals surface area contributed by atoms with Gasteiger partial charge < -0.3 is 10.1 Å². The number of rotatable bonds is 8. The van der Waals surface area contributed by atoms with Crippen LogP contribution in [0.3, 0.4) is 0 Å². The number of hydrogen-bond acceptors (Lipinski definition) is 3. The minimum atomic E-state index is -0.185. The van der Waals surface area contributed by atoms with E-state index in [1.165, 1.54) is 23.3 Å². The van der Waals surface area contributed by atoms with E-state index in [9.17, 15) is 4.39 Å². The molecule has 0 radical (unpaired) electrons. The molecule has 0 bridgehead atoms. The Morgan fingerprint density at radius 2 is 2.05 bits per heavy atom. The summed E-state index contributed by atoms with van der Waals surface area (Å²) in [5, 5.41) is 7.66. The van der Waals surface area contributed by atoms with Crippen LogP contribution in [0.1, 0.15) is 17.0 Å². The summed E-state index contributed by atoms with van der Waals surface area (Å²) in [6.45, 7) is 2.40. The highest BCUT2D eigenvalue weighted by molar-refractivity contribution is 7.07. The van der Waals surface area contributed by atoms with Gasteiger partial charge in [-0.05, 0) is 46.5 Å². The van der Waals surface area contributed by atoms with E-state index in [1.54, 1.807) is 18.4 Å². The summed E-state index contributed by atoms with van der Waals surface area (Å²) < 4.78 is 18.1. The Hall–Kier alpha value is -1.23. The molecule has 1 atom stereocenters. The fourth-order valence-corrected chi connectivity index (χ4v) is 2.87. The average Bonchev–Trinajstić information content (AvgIpc) is 2.96. The number of hydrogen-bond donors (Lipinski definition) is 1. The predicted molar refractivity (Wildman–Crippen MR) is 81.9 cm³/mol. The van der Waals surface area contributed by atoms with Crippen molar-refractivity contribution in [2.24, 2.45) is 0 Å². The van der Waals surface area contributed by atoms with Gasteiger partial charge in [0, 0.05) is 26.1 Å². The average molecular weight is 293 g/mol. The summed E-state index contributed by atoms with van der Waals surface area (Å²) >= 11 is 1.71. The molecule has 2 nitrogen and oxygen atoms in total. The zero-order valence-corrected chi connectivity index (χ0v) is 12.5. The van der Waals surface area contributed by atoms with Crippen molar-refractivity contribution in [1.82, 2.24) is 5.32 Å². The molecule has 20 heavy (non-hydrogen) atoms. The maximum absolute atomic E-state index is 13.0. The van der Waals surface area contributed by atoms with Gasteiger partial charge in [0.05, 0.1) is 6.61 Å². The summed E-state index contributed by atoms with van der Waals surface area (Å²) in [7, 11) is 1.70. The van der Waals surface area contributed by atoms with Crippen LogP contribution in [0.15, 0.2) is 41.1 Å². The third-order valence-electron chi connectivity index (χ3n) is 3.28. The molecule has 0 amide bonds. The Morgan fingerprint density at radius 3 is 2.70 bits per heavy atom. The first-order valence-electron chi connectivity index (χ1n) is 6.76. The van der Waals surface area contributed by atoms with Gasteiger partial charge in [-0.1, -0.05) is 12.1 Å². The molecule has 0 aliphatic heterocycles. The minimum absolute atomic E-state index is 0.185. The molecule has 1 aromatic carbocycles. The number of ether oxygens (including phenoxy) is 1. The number of methoxy groups -OCH3 is 1. The molecule has 0 fully saturated rings.